The molecule has 1 aromatic carbocycles. The van der Waals surface area contributed by atoms with Gasteiger partial charge in [-0.25, -0.2) is 0 Å². The summed E-state index contributed by atoms with van der Waals surface area (Å²) in [7, 11) is 1.77. The molecule has 1 saturated carbocycles. The van der Waals surface area contributed by atoms with Crippen LogP contribution in [0.5, 0.6) is 0 Å². The molecule has 1 aliphatic rings. The molecule has 1 aliphatic carbocycles. The van der Waals surface area contributed by atoms with Crippen molar-refractivity contribution in [2.75, 3.05) is 13.7 Å². The maximum absolute atomic E-state index is 5.26. The molecule has 1 aromatic rings. The van der Waals surface area contributed by atoms with E-state index in [0.29, 0.717) is 12.0 Å². The molecule has 0 bridgehead atoms. The van der Waals surface area contributed by atoms with Crippen molar-refractivity contribution in [3.63, 3.8) is 0 Å². The van der Waals surface area contributed by atoms with Gasteiger partial charge in [0.25, 0.3) is 0 Å². The molecule has 0 aromatic heterocycles. The fourth-order valence-corrected chi connectivity index (χ4v) is 2.29. The third-order valence-electron chi connectivity index (χ3n) is 3.72. The Morgan fingerprint density at radius 3 is 2.72 bits per heavy atom. The minimum absolute atomic E-state index is 0.430. The molecule has 18 heavy (non-hydrogen) atoms. The summed E-state index contributed by atoms with van der Waals surface area (Å²) in [4.78, 5) is 0. The third-order valence-corrected chi connectivity index (χ3v) is 3.72. The number of ether oxygens (including phenoxy) is 1. The monoisotopic (exact) mass is 247 g/mol. The van der Waals surface area contributed by atoms with Gasteiger partial charge >= 0.3 is 0 Å². The largest absolute Gasteiger partial charge is 0.383 e. The Kier molecular flexibility index (Phi) is 4.79. The van der Waals surface area contributed by atoms with Crippen LogP contribution in [0.15, 0.2) is 24.3 Å². The van der Waals surface area contributed by atoms with Gasteiger partial charge in [-0.1, -0.05) is 38.1 Å². The van der Waals surface area contributed by atoms with Crippen LogP contribution >= 0.6 is 0 Å². The van der Waals surface area contributed by atoms with E-state index in [1.807, 2.05) is 0 Å². The fraction of sp³-hybridized carbons (Fsp3) is 0.625. The molecule has 2 rings (SSSR count). The van der Waals surface area contributed by atoms with Gasteiger partial charge in [-0.3, -0.25) is 0 Å². The van der Waals surface area contributed by atoms with E-state index in [1.54, 1.807) is 7.11 Å². The second kappa shape index (κ2) is 6.35. The van der Waals surface area contributed by atoms with Crippen LogP contribution in [0, 0.1) is 5.92 Å². The molecular formula is C16H25NO. The smallest absolute Gasteiger partial charge is 0.0618 e. The van der Waals surface area contributed by atoms with Gasteiger partial charge in [-0.2, -0.15) is 0 Å². The molecule has 0 amide bonds. The standard InChI is InChI=1S/C16H25NO/c1-12(2)16(11-18-3)17-10-13-5-4-6-15(9-13)14-7-8-14/h4-6,9,12,14,16-17H,7-8,10-11H2,1-3H3. The minimum atomic E-state index is 0.430. The predicted octanol–water partition coefficient (Wildman–Crippen LogP) is 3.32. The van der Waals surface area contributed by atoms with Crippen LogP contribution in [0.4, 0.5) is 0 Å². The third kappa shape index (κ3) is 3.82. The van der Waals surface area contributed by atoms with Crippen LogP contribution in [0.25, 0.3) is 0 Å². The molecule has 100 valence electrons. The number of hydrogen-bond acceptors (Lipinski definition) is 2. The fourth-order valence-electron chi connectivity index (χ4n) is 2.29. The maximum atomic E-state index is 5.26. The second-order valence-electron chi connectivity index (χ2n) is 5.71. The number of hydrogen-bond donors (Lipinski definition) is 1. The minimum Gasteiger partial charge on any atom is -0.383 e. The Morgan fingerprint density at radius 1 is 1.33 bits per heavy atom. The van der Waals surface area contributed by atoms with E-state index in [0.717, 1.165) is 19.1 Å². The van der Waals surface area contributed by atoms with E-state index < -0.39 is 0 Å². The molecule has 2 heteroatoms. The summed E-state index contributed by atoms with van der Waals surface area (Å²) in [6, 6.07) is 9.44. The van der Waals surface area contributed by atoms with Gasteiger partial charge in [0.05, 0.1) is 6.61 Å². The lowest BCUT2D eigenvalue weighted by molar-refractivity contribution is 0.146. The van der Waals surface area contributed by atoms with Gasteiger partial charge in [0, 0.05) is 19.7 Å². The van der Waals surface area contributed by atoms with Gasteiger partial charge in [0.2, 0.25) is 0 Å². The first-order chi connectivity index (χ1) is 8.70. The number of methoxy groups -OCH3 is 1. The van der Waals surface area contributed by atoms with E-state index in [1.165, 1.54) is 24.0 Å². The molecular weight excluding hydrogens is 222 g/mol. The zero-order chi connectivity index (χ0) is 13.0. The normalized spacial score (nSPS) is 17.1. The molecule has 0 heterocycles. The molecule has 1 fully saturated rings. The van der Waals surface area contributed by atoms with Crippen molar-refractivity contribution >= 4 is 0 Å². The topological polar surface area (TPSA) is 21.3 Å². The highest BCUT2D eigenvalue weighted by Gasteiger charge is 2.23. The molecule has 1 atom stereocenters. The number of nitrogens with one attached hydrogen (secondary N) is 1. The summed E-state index contributed by atoms with van der Waals surface area (Å²) in [5, 5.41) is 3.60. The van der Waals surface area contributed by atoms with Crippen molar-refractivity contribution in [2.45, 2.75) is 45.2 Å². The lowest BCUT2D eigenvalue weighted by atomic mass is 10.0. The van der Waals surface area contributed by atoms with Crippen LogP contribution < -0.4 is 5.32 Å². The molecule has 1 unspecified atom stereocenters. The molecule has 0 radical (unpaired) electrons. The highest BCUT2D eigenvalue weighted by atomic mass is 16.5. The van der Waals surface area contributed by atoms with E-state index >= 15 is 0 Å². The summed E-state index contributed by atoms with van der Waals surface area (Å²) >= 11 is 0. The summed E-state index contributed by atoms with van der Waals surface area (Å²) < 4.78 is 5.26. The van der Waals surface area contributed by atoms with Crippen LogP contribution in [-0.4, -0.2) is 19.8 Å². The van der Waals surface area contributed by atoms with Gasteiger partial charge in [-0.05, 0) is 35.8 Å². The first-order valence-corrected chi connectivity index (χ1v) is 7.02. The molecule has 1 N–H and O–H groups in total. The summed E-state index contributed by atoms with van der Waals surface area (Å²) in [5.74, 6) is 1.43. The zero-order valence-electron chi connectivity index (χ0n) is 11.8. The van der Waals surface area contributed by atoms with Crippen LogP contribution in [0.1, 0.15) is 43.7 Å². The molecule has 0 saturated heterocycles. The maximum Gasteiger partial charge on any atom is 0.0618 e. The molecule has 2 nitrogen and oxygen atoms in total. The summed E-state index contributed by atoms with van der Waals surface area (Å²) in [5.41, 5.74) is 2.91. The quantitative estimate of drug-likeness (QED) is 0.798. The average molecular weight is 247 g/mol. The Bertz CT molecular complexity index is 371. The number of benzene rings is 1. The molecule has 0 aliphatic heterocycles. The Morgan fingerprint density at radius 2 is 2.11 bits per heavy atom. The van der Waals surface area contributed by atoms with Gasteiger partial charge in [-0.15, -0.1) is 0 Å². The first-order valence-electron chi connectivity index (χ1n) is 7.02. The predicted molar refractivity (Wildman–Crippen MR) is 75.8 cm³/mol. The van der Waals surface area contributed by atoms with E-state index in [9.17, 15) is 0 Å². The SMILES string of the molecule is COCC(NCc1cccc(C2CC2)c1)C(C)C. The second-order valence-corrected chi connectivity index (χ2v) is 5.71. The van der Waals surface area contributed by atoms with E-state index in [2.05, 4.69) is 43.4 Å². The van der Waals surface area contributed by atoms with Crippen LogP contribution in [0.2, 0.25) is 0 Å². The van der Waals surface area contributed by atoms with E-state index in [4.69, 9.17) is 4.74 Å². The first kappa shape index (κ1) is 13.6. The summed E-state index contributed by atoms with van der Waals surface area (Å²) in [6.07, 6.45) is 2.74. The van der Waals surface area contributed by atoms with Crippen molar-refractivity contribution in [2.24, 2.45) is 5.92 Å². The van der Waals surface area contributed by atoms with Crippen molar-refractivity contribution in [3.8, 4) is 0 Å². The average Bonchev–Trinajstić information content (AvgIpc) is 3.18. The van der Waals surface area contributed by atoms with Crippen molar-refractivity contribution in [3.05, 3.63) is 35.4 Å². The highest BCUT2D eigenvalue weighted by Crippen LogP contribution is 2.40. The Hall–Kier alpha value is -0.860. The van der Waals surface area contributed by atoms with Crippen LogP contribution in [0.3, 0.4) is 0 Å². The number of rotatable bonds is 7. The van der Waals surface area contributed by atoms with Crippen molar-refractivity contribution in [1.82, 2.24) is 5.32 Å². The summed E-state index contributed by atoms with van der Waals surface area (Å²) in [6.45, 7) is 6.18. The highest BCUT2D eigenvalue weighted by molar-refractivity contribution is 5.29. The van der Waals surface area contributed by atoms with Gasteiger partial charge in [0.15, 0.2) is 0 Å². The lowest BCUT2D eigenvalue weighted by Gasteiger charge is -2.21. The Balaban J connectivity index is 1.89. The van der Waals surface area contributed by atoms with Crippen molar-refractivity contribution in [1.29, 1.82) is 0 Å². The van der Waals surface area contributed by atoms with Crippen molar-refractivity contribution < 1.29 is 4.74 Å². The van der Waals surface area contributed by atoms with E-state index in [-0.39, 0.29) is 0 Å². The molecule has 0 spiro atoms. The lowest BCUT2D eigenvalue weighted by Crippen LogP contribution is -2.37. The van der Waals surface area contributed by atoms with Gasteiger partial charge < -0.3 is 10.1 Å². The Labute approximate surface area is 111 Å². The van der Waals surface area contributed by atoms with Gasteiger partial charge in [0.1, 0.15) is 0 Å². The van der Waals surface area contributed by atoms with Crippen LogP contribution in [-0.2, 0) is 11.3 Å². The zero-order valence-corrected chi connectivity index (χ0v) is 11.8.